The van der Waals surface area contributed by atoms with Gasteiger partial charge in [0.25, 0.3) is 0 Å². The number of alkyl halides is 3. The molecule has 0 N–H and O–H groups in total. The molecule has 3 nitrogen and oxygen atoms in total. The minimum absolute atomic E-state index is 0.0194. The lowest BCUT2D eigenvalue weighted by Crippen LogP contribution is -2.40. The van der Waals surface area contributed by atoms with Gasteiger partial charge < -0.3 is 4.90 Å². The Labute approximate surface area is 121 Å². The molecule has 2 rings (SSSR count). The summed E-state index contributed by atoms with van der Waals surface area (Å²) in [7, 11) is 0. The molecule has 1 saturated heterocycles. The topological polar surface area (TPSA) is 44.1 Å². The van der Waals surface area contributed by atoms with Crippen molar-refractivity contribution in [1.82, 2.24) is 4.90 Å². The molecule has 112 valence electrons. The number of rotatable bonds is 2. The Morgan fingerprint density at radius 1 is 1.38 bits per heavy atom. The van der Waals surface area contributed by atoms with Crippen molar-refractivity contribution in [2.75, 3.05) is 13.1 Å². The van der Waals surface area contributed by atoms with Gasteiger partial charge in [0.15, 0.2) is 0 Å². The first-order valence-corrected chi connectivity index (χ1v) is 6.74. The Kier molecular flexibility index (Phi) is 4.51. The number of carbonyl (C=O) groups is 1. The molecule has 0 aromatic heterocycles. The third-order valence-electron chi connectivity index (χ3n) is 3.62. The van der Waals surface area contributed by atoms with Gasteiger partial charge in [-0.2, -0.15) is 18.4 Å². The monoisotopic (exact) mass is 296 g/mol. The van der Waals surface area contributed by atoms with E-state index in [1.807, 2.05) is 0 Å². The molecule has 0 radical (unpaired) electrons. The number of carbonyl (C=O) groups excluding carboxylic acids is 1. The smallest absolute Gasteiger partial charge is 0.341 e. The third-order valence-corrected chi connectivity index (χ3v) is 3.62. The number of hydrogen-bond donors (Lipinski definition) is 0. The summed E-state index contributed by atoms with van der Waals surface area (Å²) in [5.74, 6) is -0.577. The minimum Gasteiger partial charge on any atom is -0.341 e. The first-order valence-electron chi connectivity index (χ1n) is 6.74. The van der Waals surface area contributed by atoms with E-state index in [-0.39, 0.29) is 23.8 Å². The van der Waals surface area contributed by atoms with E-state index in [9.17, 15) is 18.0 Å². The Bertz CT molecular complexity index is 563. The van der Waals surface area contributed by atoms with Crippen molar-refractivity contribution >= 4 is 5.91 Å². The van der Waals surface area contributed by atoms with Gasteiger partial charge in [-0.05, 0) is 24.5 Å². The summed E-state index contributed by atoms with van der Waals surface area (Å²) in [6.07, 6.45) is -3.30. The average molecular weight is 296 g/mol. The summed E-state index contributed by atoms with van der Waals surface area (Å²) in [4.78, 5) is 13.6. The number of nitrogens with zero attached hydrogens (tertiary/aromatic N) is 2. The zero-order valence-electron chi connectivity index (χ0n) is 11.4. The van der Waals surface area contributed by atoms with Crippen molar-refractivity contribution < 1.29 is 18.0 Å². The number of likely N-dealkylation sites (tertiary alicyclic amines) is 1. The molecular weight excluding hydrogens is 281 g/mol. The predicted octanol–water partition coefficient (Wildman–Crippen LogP) is 3.01. The van der Waals surface area contributed by atoms with E-state index in [1.54, 1.807) is 0 Å². The van der Waals surface area contributed by atoms with Gasteiger partial charge in [-0.1, -0.05) is 18.2 Å². The second-order valence-electron chi connectivity index (χ2n) is 5.14. The molecular formula is C15H15F3N2O. The van der Waals surface area contributed by atoms with Gasteiger partial charge >= 0.3 is 6.18 Å². The van der Waals surface area contributed by atoms with Gasteiger partial charge in [-0.3, -0.25) is 4.79 Å². The van der Waals surface area contributed by atoms with E-state index in [0.717, 1.165) is 12.5 Å². The molecule has 6 heteroatoms. The molecule has 21 heavy (non-hydrogen) atoms. The van der Waals surface area contributed by atoms with Crippen molar-refractivity contribution in [2.24, 2.45) is 5.92 Å². The SMILES string of the molecule is N#C[C@@H]1CCCN(C(=O)Cc2ccccc2C(F)(F)F)C1. The van der Waals surface area contributed by atoms with E-state index >= 15 is 0 Å². The average Bonchev–Trinajstić information content (AvgIpc) is 2.46. The molecule has 0 unspecified atom stereocenters. The van der Waals surface area contributed by atoms with Crippen LogP contribution in [0.2, 0.25) is 0 Å². The van der Waals surface area contributed by atoms with Crippen LogP contribution in [0.1, 0.15) is 24.0 Å². The van der Waals surface area contributed by atoms with Crippen LogP contribution in [0.25, 0.3) is 0 Å². The summed E-state index contributed by atoms with van der Waals surface area (Å²) in [5.41, 5.74) is -0.790. The molecule has 1 aliphatic rings. The van der Waals surface area contributed by atoms with Gasteiger partial charge in [0.2, 0.25) is 5.91 Å². The molecule has 0 bridgehead atoms. The van der Waals surface area contributed by atoms with E-state index in [4.69, 9.17) is 5.26 Å². The van der Waals surface area contributed by atoms with Crippen molar-refractivity contribution in [3.63, 3.8) is 0 Å². The second-order valence-corrected chi connectivity index (χ2v) is 5.14. The summed E-state index contributed by atoms with van der Waals surface area (Å²) in [6, 6.07) is 7.22. The number of benzene rings is 1. The largest absolute Gasteiger partial charge is 0.416 e. The van der Waals surface area contributed by atoms with Crippen LogP contribution in [-0.4, -0.2) is 23.9 Å². The number of nitriles is 1. The van der Waals surface area contributed by atoms with E-state index in [1.165, 1.54) is 23.1 Å². The maximum absolute atomic E-state index is 12.9. The van der Waals surface area contributed by atoms with Gasteiger partial charge in [0.1, 0.15) is 0 Å². The van der Waals surface area contributed by atoms with Crippen LogP contribution in [0, 0.1) is 17.2 Å². The summed E-state index contributed by atoms with van der Waals surface area (Å²) < 4.78 is 38.7. The maximum atomic E-state index is 12.9. The van der Waals surface area contributed by atoms with Crippen LogP contribution in [0.5, 0.6) is 0 Å². The molecule has 1 atom stereocenters. The normalized spacial score (nSPS) is 19.1. The first-order chi connectivity index (χ1) is 9.91. The zero-order valence-corrected chi connectivity index (χ0v) is 11.4. The second kappa shape index (κ2) is 6.17. The van der Waals surface area contributed by atoms with Gasteiger partial charge in [0, 0.05) is 13.1 Å². The Hall–Kier alpha value is -2.03. The van der Waals surface area contributed by atoms with Crippen LogP contribution in [0.4, 0.5) is 13.2 Å². The number of hydrogen-bond acceptors (Lipinski definition) is 2. The highest BCUT2D eigenvalue weighted by molar-refractivity contribution is 5.79. The van der Waals surface area contributed by atoms with Crippen LogP contribution in [-0.2, 0) is 17.4 Å². The highest BCUT2D eigenvalue weighted by Crippen LogP contribution is 2.32. The highest BCUT2D eigenvalue weighted by Gasteiger charge is 2.34. The van der Waals surface area contributed by atoms with Gasteiger partial charge in [-0.15, -0.1) is 0 Å². The van der Waals surface area contributed by atoms with Crippen molar-refractivity contribution in [3.05, 3.63) is 35.4 Å². The fraction of sp³-hybridized carbons (Fsp3) is 0.467. The Balaban J connectivity index is 2.12. The molecule has 1 amide bonds. The lowest BCUT2D eigenvalue weighted by molar-refractivity contribution is -0.138. The molecule has 0 saturated carbocycles. The zero-order chi connectivity index (χ0) is 15.5. The fourth-order valence-corrected chi connectivity index (χ4v) is 2.53. The lowest BCUT2D eigenvalue weighted by Gasteiger charge is -2.30. The standard InChI is InChI=1S/C15H15F3N2O/c16-15(17,18)13-6-2-1-5-12(13)8-14(21)20-7-3-4-11(9-19)10-20/h1-2,5-6,11H,3-4,7-8,10H2/t11-/m0/s1. The molecule has 0 aliphatic carbocycles. The first kappa shape index (κ1) is 15.4. The number of halogens is 3. The number of piperidine rings is 1. The fourth-order valence-electron chi connectivity index (χ4n) is 2.53. The van der Waals surface area contributed by atoms with Gasteiger partial charge in [0.05, 0.1) is 24.0 Å². The maximum Gasteiger partial charge on any atom is 0.416 e. The number of amides is 1. The Morgan fingerprint density at radius 2 is 2.10 bits per heavy atom. The predicted molar refractivity (Wildman–Crippen MR) is 70.1 cm³/mol. The third kappa shape index (κ3) is 3.75. The summed E-state index contributed by atoms with van der Waals surface area (Å²) in [5, 5.41) is 8.89. The molecule has 0 spiro atoms. The molecule has 1 aliphatic heterocycles. The van der Waals surface area contributed by atoms with Crippen molar-refractivity contribution in [2.45, 2.75) is 25.4 Å². The minimum atomic E-state index is -4.46. The van der Waals surface area contributed by atoms with Crippen LogP contribution >= 0.6 is 0 Å². The highest BCUT2D eigenvalue weighted by atomic mass is 19.4. The Morgan fingerprint density at radius 3 is 2.76 bits per heavy atom. The van der Waals surface area contributed by atoms with Crippen molar-refractivity contribution in [3.8, 4) is 6.07 Å². The molecule has 1 aromatic carbocycles. The summed E-state index contributed by atoms with van der Waals surface area (Å²) >= 11 is 0. The van der Waals surface area contributed by atoms with E-state index in [2.05, 4.69) is 6.07 Å². The van der Waals surface area contributed by atoms with Crippen molar-refractivity contribution in [1.29, 1.82) is 5.26 Å². The molecule has 1 aromatic rings. The van der Waals surface area contributed by atoms with Crippen LogP contribution < -0.4 is 0 Å². The van der Waals surface area contributed by atoms with E-state index < -0.39 is 11.7 Å². The molecule has 1 fully saturated rings. The summed E-state index contributed by atoms with van der Waals surface area (Å²) in [6.45, 7) is 0.814. The van der Waals surface area contributed by atoms with Gasteiger partial charge in [-0.25, -0.2) is 0 Å². The quantitative estimate of drug-likeness (QED) is 0.842. The molecule has 1 heterocycles. The van der Waals surface area contributed by atoms with Crippen LogP contribution in [0.3, 0.4) is 0 Å². The van der Waals surface area contributed by atoms with E-state index in [0.29, 0.717) is 19.5 Å². The lowest BCUT2D eigenvalue weighted by atomic mass is 9.98. The van der Waals surface area contributed by atoms with Crippen LogP contribution in [0.15, 0.2) is 24.3 Å².